The molecular formula is C51H63N9O8. The summed E-state index contributed by atoms with van der Waals surface area (Å²) in [7, 11) is 1.71. The summed E-state index contributed by atoms with van der Waals surface area (Å²) >= 11 is 0. The Morgan fingerprint density at radius 3 is 2.15 bits per heavy atom. The zero-order chi connectivity index (χ0) is 48.1. The van der Waals surface area contributed by atoms with Crippen LogP contribution >= 0.6 is 0 Å². The minimum atomic E-state index is -1.08. The number of aromatic nitrogens is 2. The fourth-order valence-electron chi connectivity index (χ4n) is 10.7. The number of fused-ring (bicyclic) bond motifs is 2. The number of nitrogens with two attached hydrogens (primary N) is 1. The van der Waals surface area contributed by atoms with Crippen molar-refractivity contribution in [1.29, 1.82) is 0 Å². The van der Waals surface area contributed by atoms with E-state index in [4.69, 9.17) is 5.73 Å². The van der Waals surface area contributed by atoms with Gasteiger partial charge in [0.1, 0.15) is 18.1 Å². The minimum Gasteiger partial charge on any atom is -0.370 e. The number of nitrogens with one attached hydrogen (secondary N) is 3. The van der Waals surface area contributed by atoms with Crippen LogP contribution in [0.25, 0.3) is 11.0 Å². The summed E-state index contributed by atoms with van der Waals surface area (Å²) in [5, 5.41) is 8.33. The van der Waals surface area contributed by atoms with Crippen LogP contribution in [0, 0.1) is 5.92 Å². The van der Waals surface area contributed by atoms with Gasteiger partial charge in [-0.1, -0.05) is 73.7 Å². The van der Waals surface area contributed by atoms with Crippen molar-refractivity contribution < 1.29 is 33.6 Å². The Morgan fingerprint density at radius 1 is 0.794 bits per heavy atom. The van der Waals surface area contributed by atoms with Crippen LogP contribution in [-0.4, -0.2) is 116 Å². The molecule has 3 aromatic carbocycles. The summed E-state index contributed by atoms with van der Waals surface area (Å²) in [5.41, 5.74) is 9.48. The highest BCUT2D eigenvalue weighted by Gasteiger charge is 2.45. The molecule has 360 valence electrons. The van der Waals surface area contributed by atoms with Gasteiger partial charge in [0.15, 0.2) is 0 Å². The van der Waals surface area contributed by atoms with Gasteiger partial charge < -0.3 is 31.1 Å². The van der Waals surface area contributed by atoms with Crippen molar-refractivity contribution in [3.8, 4) is 0 Å². The summed E-state index contributed by atoms with van der Waals surface area (Å²) in [4.78, 5) is 111. The molecule has 17 heteroatoms. The van der Waals surface area contributed by atoms with E-state index >= 15 is 0 Å². The predicted octanol–water partition coefficient (Wildman–Crippen LogP) is 3.16. The number of carbonyl (C=O) groups excluding carboxylic acids is 7. The van der Waals surface area contributed by atoms with E-state index in [0.29, 0.717) is 50.1 Å². The van der Waals surface area contributed by atoms with Crippen LogP contribution in [0.2, 0.25) is 0 Å². The Kier molecular flexibility index (Phi) is 14.9. The van der Waals surface area contributed by atoms with Crippen LogP contribution in [0.1, 0.15) is 112 Å². The number of rotatable bonds is 15. The molecule has 5 heterocycles. The topological polar surface area (TPSA) is 218 Å². The zero-order valence-corrected chi connectivity index (χ0v) is 38.9. The van der Waals surface area contributed by atoms with Crippen LogP contribution in [0.5, 0.6) is 0 Å². The van der Waals surface area contributed by atoms with Crippen LogP contribution in [0.15, 0.2) is 83.7 Å². The second-order valence-electron chi connectivity index (χ2n) is 19.0. The number of hydrogen-bond acceptors (Lipinski definition) is 9. The minimum absolute atomic E-state index is 0.00760. The molecule has 0 bridgehead atoms. The van der Waals surface area contributed by atoms with Crippen molar-refractivity contribution in [3.63, 3.8) is 0 Å². The molecule has 5 N–H and O–H groups in total. The molecule has 4 aromatic rings. The van der Waals surface area contributed by atoms with Gasteiger partial charge in [0, 0.05) is 45.4 Å². The zero-order valence-electron chi connectivity index (χ0n) is 38.9. The Hall–Kier alpha value is -6.62. The first kappa shape index (κ1) is 47.9. The molecule has 4 aliphatic rings. The maximum atomic E-state index is 14.1. The highest BCUT2D eigenvalue weighted by molar-refractivity contribution is 6.00. The molecule has 4 fully saturated rings. The van der Waals surface area contributed by atoms with Gasteiger partial charge >= 0.3 is 5.69 Å². The Morgan fingerprint density at radius 2 is 1.49 bits per heavy atom. The molecular weight excluding hydrogens is 867 g/mol. The quantitative estimate of drug-likeness (QED) is 0.129. The Labute approximate surface area is 395 Å². The standard InChI is InChI=1S/C51H63N9O8/c1-32-31-58(45(63)14-9-26-57-27-23-33(24-28-57)36-15-18-39-42(30-36)56(2)51(68)60(39)41-20-22-44(62)54-49(41)66)29-25-37-16-19-40(59(37)50(32)67)48(65)53-38(17-21-43(52)61)47(64)55-46(34-10-5-3-6-11-34)35-12-7-4-8-13-35/h3-8,10-13,15,18,30,32-33,37-38,40-41,46H,9,14,16-17,19-29,31H2,1-2H3,(H2,52,61)(H,53,65)(H,55,64)(H,54,62,66)/t32-,37+,38-,40-,41?/m0/s1. The lowest BCUT2D eigenvalue weighted by Crippen LogP contribution is -2.57. The van der Waals surface area contributed by atoms with E-state index in [-0.39, 0.29) is 61.7 Å². The van der Waals surface area contributed by atoms with Gasteiger partial charge in [-0.15, -0.1) is 0 Å². The number of benzene rings is 3. The van der Waals surface area contributed by atoms with E-state index in [1.807, 2.05) is 78.9 Å². The van der Waals surface area contributed by atoms with Gasteiger partial charge in [0.25, 0.3) is 0 Å². The Balaban J connectivity index is 0.824. The van der Waals surface area contributed by atoms with Crippen molar-refractivity contribution in [3.05, 3.63) is 106 Å². The van der Waals surface area contributed by atoms with Gasteiger partial charge in [-0.3, -0.25) is 48.0 Å². The molecule has 68 heavy (non-hydrogen) atoms. The molecule has 4 saturated heterocycles. The third-order valence-corrected chi connectivity index (χ3v) is 14.5. The lowest BCUT2D eigenvalue weighted by molar-refractivity contribution is -0.147. The SMILES string of the molecule is C[C@H]1CN(C(=O)CCCN2CCC(c3ccc4c(c3)n(C)c(=O)n4C3CCC(=O)NC3=O)CC2)CC[C@H]2CC[C@@H](C(=O)N[C@@H](CCC(N)=O)C(=O)NC(c3ccccc3)c3ccccc3)N2C1=O. The van der Waals surface area contributed by atoms with Crippen molar-refractivity contribution in [1.82, 2.24) is 39.8 Å². The van der Waals surface area contributed by atoms with E-state index in [2.05, 4.69) is 20.9 Å². The molecule has 8 rings (SSSR count). The summed E-state index contributed by atoms with van der Waals surface area (Å²) < 4.78 is 3.07. The summed E-state index contributed by atoms with van der Waals surface area (Å²) in [5.74, 6) is -2.74. The smallest absolute Gasteiger partial charge is 0.329 e. The number of aryl methyl sites for hydroxylation is 1. The summed E-state index contributed by atoms with van der Waals surface area (Å²) in [6.07, 6.45) is 4.77. The molecule has 0 aliphatic carbocycles. The van der Waals surface area contributed by atoms with Gasteiger partial charge in [-0.05, 0) is 106 Å². The van der Waals surface area contributed by atoms with E-state index in [9.17, 15) is 38.4 Å². The number of hydrogen-bond donors (Lipinski definition) is 4. The molecule has 1 unspecified atom stereocenters. The lowest BCUT2D eigenvalue weighted by Gasteiger charge is -2.38. The highest BCUT2D eigenvalue weighted by atomic mass is 16.2. The molecule has 7 amide bonds. The molecule has 0 saturated carbocycles. The normalized spacial score (nSPS) is 22.1. The average Bonchev–Trinajstić information content (AvgIpc) is 3.87. The van der Waals surface area contributed by atoms with Gasteiger partial charge in [-0.2, -0.15) is 0 Å². The van der Waals surface area contributed by atoms with Crippen molar-refractivity contribution in [2.45, 2.75) is 114 Å². The van der Waals surface area contributed by atoms with Gasteiger partial charge in [0.05, 0.1) is 23.0 Å². The number of imidazole rings is 1. The number of carbonyl (C=O) groups is 7. The predicted molar refractivity (Wildman–Crippen MR) is 253 cm³/mol. The number of amides is 7. The van der Waals surface area contributed by atoms with Gasteiger partial charge in [0.2, 0.25) is 41.4 Å². The second kappa shape index (κ2) is 21.1. The van der Waals surface area contributed by atoms with Crippen molar-refractivity contribution in [2.75, 3.05) is 32.7 Å². The molecule has 4 aliphatic heterocycles. The first-order valence-corrected chi connectivity index (χ1v) is 24.1. The van der Waals surface area contributed by atoms with Crippen molar-refractivity contribution >= 4 is 52.4 Å². The molecule has 1 aromatic heterocycles. The number of likely N-dealkylation sites (tertiary alicyclic amines) is 1. The van der Waals surface area contributed by atoms with E-state index in [1.165, 1.54) is 4.57 Å². The second-order valence-corrected chi connectivity index (χ2v) is 19.0. The third-order valence-electron chi connectivity index (χ3n) is 14.5. The first-order valence-electron chi connectivity index (χ1n) is 24.1. The maximum absolute atomic E-state index is 14.1. The lowest BCUT2D eigenvalue weighted by atomic mass is 9.89. The average molecular weight is 930 g/mol. The van der Waals surface area contributed by atoms with Crippen LogP contribution < -0.4 is 27.4 Å². The highest BCUT2D eigenvalue weighted by Crippen LogP contribution is 2.33. The van der Waals surface area contributed by atoms with E-state index in [0.717, 1.165) is 54.7 Å². The third kappa shape index (κ3) is 10.6. The van der Waals surface area contributed by atoms with Crippen molar-refractivity contribution in [2.24, 2.45) is 18.7 Å². The molecule has 0 spiro atoms. The number of nitrogens with zero attached hydrogens (tertiary/aromatic N) is 5. The van der Waals surface area contributed by atoms with Crippen LogP contribution in [-0.2, 0) is 40.6 Å². The number of piperidine rings is 2. The fourth-order valence-corrected chi connectivity index (χ4v) is 10.7. The molecule has 17 nitrogen and oxygen atoms in total. The largest absolute Gasteiger partial charge is 0.370 e. The Bertz CT molecular complexity index is 2550. The number of primary amides is 1. The van der Waals surface area contributed by atoms with Crippen LogP contribution in [0.4, 0.5) is 0 Å². The monoisotopic (exact) mass is 929 g/mol. The van der Waals surface area contributed by atoms with E-state index in [1.54, 1.807) is 28.3 Å². The molecule has 0 radical (unpaired) electrons. The maximum Gasteiger partial charge on any atom is 0.329 e. The van der Waals surface area contributed by atoms with Gasteiger partial charge in [-0.25, -0.2) is 4.79 Å². The fraction of sp³-hybridized carbons (Fsp3) is 0.490. The summed E-state index contributed by atoms with van der Waals surface area (Å²) in [6.45, 7) is 5.02. The summed E-state index contributed by atoms with van der Waals surface area (Å²) in [6, 6.07) is 21.6. The first-order chi connectivity index (χ1) is 32.8. The molecule has 5 atom stereocenters. The number of imide groups is 1. The van der Waals surface area contributed by atoms with Crippen LogP contribution in [0.3, 0.4) is 0 Å². The van der Waals surface area contributed by atoms with E-state index < -0.39 is 53.7 Å².